The maximum absolute atomic E-state index is 12.0. The van der Waals surface area contributed by atoms with Crippen molar-refractivity contribution in [1.29, 1.82) is 0 Å². The Hall–Kier alpha value is -1.26. The second-order valence-electron chi connectivity index (χ2n) is 4.92. The van der Waals surface area contributed by atoms with Crippen LogP contribution in [0.3, 0.4) is 0 Å². The van der Waals surface area contributed by atoms with Gasteiger partial charge in [-0.05, 0) is 27.4 Å². The van der Waals surface area contributed by atoms with E-state index in [-0.39, 0.29) is 13.0 Å². The molecule has 1 saturated heterocycles. The monoisotopic (exact) mass is 388 g/mol. The van der Waals surface area contributed by atoms with Crippen LogP contribution >= 0.6 is 27.3 Å². The molecule has 0 spiro atoms. The van der Waals surface area contributed by atoms with E-state index in [0.717, 1.165) is 4.47 Å². The molecule has 1 aliphatic rings. The lowest BCUT2D eigenvalue weighted by molar-refractivity contribution is -0.0458. The maximum Gasteiger partial charge on any atom is 0.330 e. The summed E-state index contributed by atoms with van der Waals surface area (Å²) in [5, 5.41) is 20.7. The van der Waals surface area contributed by atoms with Crippen LogP contribution in [0.4, 0.5) is 0 Å². The number of nitrogens with one attached hydrogen (secondary N) is 1. The highest BCUT2D eigenvalue weighted by Crippen LogP contribution is 2.32. The number of aliphatic hydroxyl groups is 2. The zero-order chi connectivity index (χ0) is 15.9. The molecule has 3 rings (SSSR count). The number of rotatable bonds is 3. The number of hydrogen-bond donors (Lipinski definition) is 3. The number of halogens is 1. The Morgan fingerprint density at radius 1 is 1.50 bits per heavy atom. The fourth-order valence-corrected chi connectivity index (χ4v) is 3.99. The molecule has 0 bridgehead atoms. The van der Waals surface area contributed by atoms with Crippen LogP contribution in [-0.2, 0) is 4.74 Å². The summed E-state index contributed by atoms with van der Waals surface area (Å²) in [6.45, 7) is -0.334. The molecule has 0 unspecified atom stereocenters. The lowest BCUT2D eigenvalue weighted by Crippen LogP contribution is -2.33. The summed E-state index contributed by atoms with van der Waals surface area (Å²) in [5.41, 5.74) is -0.758. The first-order chi connectivity index (χ1) is 10.5. The summed E-state index contributed by atoms with van der Waals surface area (Å²) in [7, 11) is 0. The zero-order valence-electron chi connectivity index (χ0n) is 11.2. The lowest BCUT2D eigenvalue weighted by Gasteiger charge is -2.15. The van der Waals surface area contributed by atoms with Crippen molar-refractivity contribution >= 4 is 27.3 Å². The van der Waals surface area contributed by atoms with Gasteiger partial charge in [0.25, 0.3) is 5.56 Å². The molecule has 0 radical (unpaired) electrons. The molecule has 0 saturated carbocycles. The number of ether oxygens (including phenoxy) is 1. The molecule has 9 heteroatoms. The van der Waals surface area contributed by atoms with Gasteiger partial charge in [0.15, 0.2) is 0 Å². The third-order valence-electron chi connectivity index (χ3n) is 3.52. The van der Waals surface area contributed by atoms with E-state index in [2.05, 4.69) is 20.9 Å². The van der Waals surface area contributed by atoms with Gasteiger partial charge in [-0.3, -0.25) is 14.3 Å². The molecule has 3 atom stereocenters. The summed E-state index contributed by atoms with van der Waals surface area (Å²) in [6.07, 6.45) is -0.725. The fourth-order valence-electron chi connectivity index (χ4n) is 2.40. The first kappa shape index (κ1) is 15.6. The Labute approximate surface area is 136 Å². The highest BCUT2D eigenvalue weighted by Gasteiger charge is 2.35. The number of aliphatic hydroxyl groups excluding tert-OH is 2. The van der Waals surface area contributed by atoms with Crippen molar-refractivity contribution < 1.29 is 14.9 Å². The molecular formula is C13H13BrN2O5S. The molecule has 0 aliphatic carbocycles. The van der Waals surface area contributed by atoms with E-state index in [4.69, 9.17) is 9.84 Å². The highest BCUT2D eigenvalue weighted by molar-refractivity contribution is 9.10. The molecule has 3 N–H and O–H groups in total. The smallest absolute Gasteiger partial charge is 0.330 e. The van der Waals surface area contributed by atoms with Gasteiger partial charge in [0.05, 0.1) is 23.2 Å². The molecule has 3 heterocycles. The van der Waals surface area contributed by atoms with E-state index < -0.39 is 29.7 Å². The Balaban J connectivity index is 2.05. The zero-order valence-corrected chi connectivity index (χ0v) is 13.6. The minimum Gasteiger partial charge on any atom is -0.394 e. The predicted octanol–water partition coefficient (Wildman–Crippen LogP) is 0.668. The Morgan fingerprint density at radius 3 is 2.86 bits per heavy atom. The highest BCUT2D eigenvalue weighted by atomic mass is 79.9. The second-order valence-corrected chi connectivity index (χ2v) is 6.69. The minimum atomic E-state index is -0.856. The van der Waals surface area contributed by atoms with E-state index in [1.54, 1.807) is 0 Å². The topological polar surface area (TPSA) is 105 Å². The van der Waals surface area contributed by atoms with Crippen molar-refractivity contribution in [2.75, 3.05) is 6.61 Å². The van der Waals surface area contributed by atoms with Crippen molar-refractivity contribution in [3.63, 3.8) is 0 Å². The van der Waals surface area contributed by atoms with Crippen LogP contribution in [0, 0.1) is 0 Å². The summed E-state index contributed by atoms with van der Waals surface area (Å²) >= 11 is 4.73. The second kappa shape index (κ2) is 6.09. The van der Waals surface area contributed by atoms with Crippen LogP contribution in [0.2, 0.25) is 0 Å². The summed E-state index contributed by atoms with van der Waals surface area (Å²) in [6, 6.07) is 1.81. The van der Waals surface area contributed by atoms with Crippen LogP contribution in [0.5, 0.6) is 0 Å². The molecule has 0 aromatic carbocycles. The number of H-pyrrole nitrogens is 1. The number of aromatic amines is 1. The van der Waals surface area contributed by atoms with Gasteiger partial charge in [-0.25, -0.2) is 4.79 Å². The van der Waals surface area contributed by atoms with Gasteiger partial charge < -0.3 is 14.9 Å². The number of thiophene rings is 1. The lowest BCUT2D eigenvalue weighted by atomic mass is 10.2. The van der Waals surface area contributed by atoms with Crippen molar-refractivity contribution in [3.8, 4) is 10.4 Å². The van der Waals surface area contributed by atoms with Crippen molar-refractivity contribution in [2.24, 2.45) is 0 Å². The van der Waals surface area contributed by atoms with Crippen LogP contribution in [-0.4, -0.2) is 38.6 Å². The number of hydrogen-bond acceptors (Lipinski definition) is 6. The molecule has 7 nitrogen and oxygen atoms in total. The normalized spacial score (nSPS) is 24.8. The van der Waals surface area contributed by atoms with Gasteiger partial charge in [-0.1, -0.05) is 0 Å². The Morgan fingerprint density at radius 2 is 2.27 bits per heavy atom. The molecule has 2 aromatic heterocycles. The van der Waals surface area contributed by atoms with Crippen LogP contribution in [0.25, 0.3) is 10.4 Å². The molecule has 1 aliphatic heterocycles. The first-order valence-corrected chi connectivity index (χ1v) is 8.21. The number of aromatic nitrogens is 2. The van der Waals surface area contributed by atoms with Gasteiger partial charge in [0.1, 0.15) is 12.3 Å². The maximum atomic E-state index is 12.0. The standard InChI is InChI=1S/C13H13BrN2O5S/c14-7-1-2-22-11(7)6-4-16(13(20)15-12(6)19)10-3-8(18)9(5-17)21-10/h1-2,4,8-10,17-18H,3,5H2,(H,15,19,20)/t8-,9+,10+/m0/s1. The largest absolute Gasteiger partial charge is 0.394 e. The van der Waals surface area contributed by atoms with Gasteiger partial charge in [0.2, 0.25) is 0 Å². The molecule has 22 heavy (non-hydrogen) atoms. The van der Waals surface area contributed by atoms with Gasteiger partial charge in [0, 0.05) is 17.1 Å². The predicted molar refractivity (Wildman–Crippen MR) is 84.0 cm³/mol. The van der Waals surface area contributed by atoms with Crippen molar-refractivity contribution in [1.82, 2.24) is 9.55 Å². The van der Waals surface area contributed by atoms with E-state index in [1.807, 2.05) is 11.4 Å². The average molecular weight is 389 g/mol. The minimum absolute atomic E-state index is 0.169. The third kappa shape index (κ3) is 2.70. The van der Waals surface area contributed by atoms with Crippen molar-refractivity contribution in [3.05, 3.63) is 43.0 Å². The quantitative estimate of drug-likeness (QED) is 0.716. The van der Waals surface area contributed by atoms with E-state index in [0.29, 0.717) is 10.4 Å². The first-order valence-electron chi connectivity index (χ1n) is 6.54. The van der Waals surface area contributed by atoms with Crippen LogP contribution in [0.1, 0.15) is 12.6 Å². The fraction of sp³-hybridized carbons (Fsp3) is 0.385. The van der Waals surface area contributed by atoms with Crippen molar-refractivity contribution in [2.45, 2.75) is 24.9 Å². The summed E-state index contributed by atoms with van der Waals surface area (Å²) in [4.78, 5) is 27.0. The third-order valence-corrected chi connectivity index (χ3v) is 5.39. The van der Waals surface area contributed by atoms with Gasteiger partial charge >= 0.3 is 5.69 Å². The molecule has 0 amide bonds. The van der Waals surface area contributed by atoms with E-state index in [9.17, 15) is 14.7 Å². The van der Waals surface area contributed by atoms with E-state index >= 15 is 0 Å². The van der Waals surface area contributed by atoms with Gasteiger partial charge in [-0.2, -0.15) is 0 Å². The molecule has 118 valence electrons. The van der Waals surface area contributed by atoms with E-state index in [1.165, 1.54) is 22.1 Å². The number of nitrogens with zero attached hydrogens (tertiary/aromatic N) is 1. The molecule has 2 aromatic rings. The average Bonchev–Trinajstić information content (AvgIpc) is 3.05. The Kier molecular flexibility index (Phi) is 4.33. The van der Waals surface area contributed by atoms with Gasteiger partial charge in [-0.15, -0.1) is 11.3 Å². The Bertz CT molecular complexity index is 798. The molecule has 1 fully saturated rings. The molecular weight excluding hydrogens is 376 g/mol. The van der Waals surface area contributed by atoms with Crippen LogP contribution in [0.15, 0.2) is 31.7 Å². The summed E-state index contributed by atoms with van der Waals surface area (Å²) < 4.78 is 7.46. The summed E-state index contributed by atoms with van der Waals surface area (Å²) in [5.74, 6) is 0. The van der Waals surface area contributed by atoms with Crippen LogP contribution < -0.4 is 11.2 Å². The SMILES string of the molecule is O=c1[nH]c(=O)n([C@H]2C[C@H](O)[C@@H](CO)O2)cc1-c1sccc1Br.